The zero-order valence-corrected chi connectivity index (χ0v) is 17.6. The molecule has 6 nitrogen and oxygen atoms in total. The standard InChI is InChI=1S/C21H26FNO5S/c1-4-27-19-11-6-16(14-20(19)28-5-2)15(3)23-21(24)12-13-29(25,26)18-9-7-17(22)8-10-18/h6-11,14-15H,4-5,12-13H2,1-3H3,(H,23,24)/t15-/m1/s1. The molecule has 0 radical (unpaired) electrons. The topological polar surface area (TPSA) is 81.7 Å². The van der Waals surface area contributed by atoms with Crippen LogP contribution in [0.1, 0.15) is 38.8 Å². The summed E-state index contributed by atoms with van der Waals surface area (Å²) in [7, 11) is -3.66. The van der Waals surface area contributed by atoms with Gasteiger partial charge in [-0.2, -0.15) is 0 Å². The summed E-state index contributed by atoms with van der Waals surface area (Å²) in [6.07, 6.45) is -0.195. The number of halogens is 1. The lowest BCUT2D eigenvalue weighted by molar-refractivity contribution is -0.121. The van der Waals surface area contributed by atoms with Gasteiger partial charge in [0.1, 0.15) is 5.82 Å². The van der Waals surface area contributed by atoms with Gasteiger partial charge < -0.3 is 14.8 Å². The fourth-order valence-electron chi connectivity index (χ4n) is 2.72. The number of carbonyl (C=O) groups is 1. The van der Waals surface area contributed by atoms with Gasteiger partial charge in [0.2, 0.25) is 5.91 Å². The third kappa shape index (κ3) is 6.45. The second-order valence-electron chi connectivity index (χ2n) is 6.38. The number of amides is 1. The molecule has 1 amide bonds. The highest BCUT2D eigenvalue weighted by atomic mass is 32.2. The normalized spacial score (nSPS) is 12.3. The van der Waals surface area contributed by atoms with Gasteiger partial charge in [-0.1, -0.05) is 6.07 Å². The van der Waals surface area contributed by atoms with Crippen LogP contribution < -0.4 is 14.8 Å². The molecule has 0 aliphatic heterocycles. The van der Waals surface area contributed by atoms with Crippen LogP contribution >= 0.6 is 0 Å². The lowest BCUT2D eigenvalue weighted by Gasteiger charge is -2.17. The fraction of sp³-hybridized carbons (Fsp3) is 0.381. The molecule has 0 heterocycles. The SMILES string of the molecule is CCOc1ccc([C@@H](C)NC(=O)CCS(=O)(=O)c2ccc(F)cc2)cc1OCC. The van der Waals surface area contributed by atoms with E-state index < -0.39 is 21.6 Å². The van der Waals surface area contributed by atoms with Gasteiger partial charge in [0.05, 0.1) is 29.9 Å². The molecule has 158 valence electrons. The van der Waals surface area contributed by atoms with E-state index in [0.29, 0.717) is 24.7 Å². The minimum absolute atomic E-state index is 0.00684. The van der Waals surface area contributed by atoms with E-state index >= 15 is 0 Å². The Bertz CT molecular complexity index is 929. The van der Waals surface area contributed by atoms with Gasteiger partial charge in [0.15, 0.2) is 21.3 Å². The van der Waals surface area contributed by atoms with Crippen LogP contribution in [0.2, 0.25) is 0 Å². The molecule has 0 saturated carbocycles. The van der Waals surface area contributed by atoms with Crippen molar-refractivity contribution in [3.63, 3.8) is 0 Å². The summed E-state index contributed by atoms with van der Waals surface area (Å²) in [4.78, 5) is 12.2. The van der Waals surface area contributed by atoms with Crippen molar-refractivity contribution < 1.29 is 27.1 Å². The van der Waals surface area contributed by atoms with E-state index in [1.165, 1.54) is 12.1 Å². The second-order valence-corrected chi connectivity index (χ2v) is 8.49. The summed E-state index contributed by atoms with van der Waals surface area (Å²) in [5, 5.41) is 2.79. The molecule has 1 N–H and O–H groups in total. The maximum absolute atomic E-state index is 13.0. The Balaban J connectivity index is 1.99. The van der Waals surface area contributed by atoms with Crippen LogP contribution in [0.25, 0.3) is 0 Å². The average molecular weight is 424 g/mol. The third-order valence-corrected chi connectivity index (χ3v) is 5.95. The Morgan fingerprint density at radius 2 is 1.66 bits per heavy atom. The Hall–Kier alpha value is -2.61. The number of benzene rings is 2. The van der Waals surface area contributed by atoms with Crippen LogP contribution in [-0.2, 0) is 14.6 Å². The number of sulfone groups is 1. The van der Waals surface area contributed by atoms with Gasteiger partial charge in [-0.05, 0) is 62.7 Å². The van der Waals surface area contributed by atoms with Gasteiger partial charge in [0, 0.05) is 6.42 Å². The minimum atomic E-state index is -3.66. The lowest BCUT2D eigenvalue weighted by Crippen LogP contribution is -2.28. The Kier molecular flexibility index (Phi) is 8.01. The number of hydrogen-bond acceptors (Lipinski definition) is 5. The first kappa shape index (κ1) is 22.7. The van der Waals surface area contributed by atoms with Crippen LogP contribution in [0.15, 0.2) is 47.4 Å². The van der Waals surface area contributed by atoms with Gasteiger partial charge >= 0.3 is 0 Å². The molecule has 2 aromatic rings. The highest BCUT2D eigenvalue weighted by Crippen LogP contribution is 2.30. The van der Waals surface area contributed by atoms with Crippen molar-refractivity contribution in [2.24, 2.45) is 0 Å². The van der Waals surface area contributed by atoms with Crippen molar-refractivity contribution in [3.05, 3.63) is 53.8 Å². The summed E-state index contributed by atoms with van der Waals surface area (Å²) in [6.45, 7) is 6.54. The van der Waals surface area contributed by atoms with Crippen molar-refractivity contribution in [2.75, 3.05) is 19.0 Å². The quantitative estimate of drug-likeness (QED) is 0.590. The van der Waals surface area contributed by atoms with E-state index in [-0.39, 0.29) is 23.1 Å². The molecule has 0 aliphatic carbocycles. The van der Waals surface area contributed by atoms with Crippen molar-refractivity contribution in [3.8, 4) is 11.5 Å². The summed E-state index contributed by atoms with van der Waals surface area (Å²) < 4.78 is 48.7. The first-order valence-electron chi connectivity index (χ1n) is 9.44. The van der Waals surface area contributed by atoms with Gasteiger partial charge in [0.25, 0.3) is 0 Å². The Morgan fingerprint density at radius 3 is 2.28 bits per heavy atom. The Morgan fingerprint density at radius 1 is 1.03 bits per heavy atom. The molecule has 0 saturated heterocycles. The molecule has 2 rings (SSSR count). The monoisotopic (exact) mass is 423 g/mol. The van der Waals surface area contributed by atoms with E-state index in [9.17, 15) is 17.6 Å². The number of carbonyl (C=O) groups excluding carboxylic acids is 1. The maximum atomic E-state index is 13.0. The van der Waals surface area contributed by atoms with Crippen molar-refractivity contribution in [1.29, 1.82) is 0 Å². The van der Waals surface area contributed by atoms with Gasteiger partial charge in [-0.25, -0.2) is 12.8 Å². The summed E-state index contributed by atoms with van der Waals surface area (Å²) in [5.74, 6) is -0.0498. The van der Waals surface area contributed by atoms with Crippen LogP contribution in [0.4, 0.5) is 4.39 Å². The van der Waals surface area contributed by atoms with Crippen LogP contribution in [0, 0.1) is 5.82 Å². The smallest absolute Gasteiger partial charge is 0.221 e. The van der Waals surface area contributed by atoms with Gasteiger partial charge in [-0.3, -0.25) is 4.79 Å². The molecule has 8 heteroatoms. The molecule has 1 atom stereocenters. The summed E-state index contributed by atoms with van der Waals surface area (Å²) in [5.41, 5.74) is 0.812. The molecular weight excluding hydrogens is 397 g/mol. The van der Waals surface area contributed by atoms with Crippen molar-refractivity contribution in [2.45, 2.75) is 38.1 Å². The molecule has 0 spiro atoms. The van der Waals surface area contributed by atoms with Crippen LogP contribution in [-0.4, -0.2) is 33.3 Å². The maximum Gasteiger partial charge on any atom is 0.221 e. The number of nitrogens with one attached hydrogen (secondary N) is 1. The highest BCUT2D eigenvalue weighted by Gasteiger charge is 2.18. The van der Waals surface area contributed by atoms with E-state index in [2.05, 4.69) is 5.32 Å². The molecule has 0 aliphatic rings. The third-order valence-electron chi connectivity index (χ3n) is 4.22. The number of rotatable bonds is 10. The average Bonchev–Trinajstić information content (AvgIpc) is 2.68. The van der Waals surface area contributed by atoms with Gasteiger partial charge in [-0.15, -0.1) is 0 Å². The minimum Gasteiger partial charge on any atom is -0.490 e. The molecule has 0 aromatic heterocycles. The zero-order chi connectivity index (χ0) is 21.4. The second kappa shape index (κ2) is 10.2. The molecule has 2 aromatic carbocycles. The Labute approximate surface area is 171 Å². The van der Waals surface area contributed by atoms with E-state index in [1.54, 1.807) is 19.1 Å². The molecule has 29 heavy (non-hydrogen) atoms. The predicted octanol–water partition coefficient (Wildman–Crippen LogP) is 3.66. The summed E-state index contributed by atoms with van der Waals surface area (Å²) in [6, 6.07) is 9.62. The van der Waals surface area contributed by atoms with Crippen molar-refractivity contribution in [1.82, 2.24) is 5.32 Å². The summed E-state index contributed by atoms with van der Waals surface area (Å²) >= 11 is 0. The highest BCUT2D eigenvalue weighted by molar-refractivity contribution is 7.91. The van der Waals surface area contributed by atoms with Crippen LogP contribution in [0.3, 0.4) is 0 Å². The van der Waals surface area contributed by atoms with Crippen molar-refractivity contribution >= 4 is 15.7 Å². The first-order valence-corrected chi connectivity index (χ1v) is 11.1. The van der Waals surface area contributed by atoms with E-state index in [0.717, 1.165) is 17.7 Å². The van der Waals surface area contributed by atoms with E-state index in [4.69, 9.17) is 9.47 Å². The molecule has 0 bridgehead atoms. The number of ether oxygens (including phenoxy) is 2. The van der Waals surface area contributed by atoms with E-state index in [1.807, 2.05) is 19.9 Å². The lowest BCUT2D eigenvalue weighted by atomic mass is 10.1. The predicted molar refractivity (Wildman–Crippen MR) is 108 cm³/mol. The number of hydrogen-bond donors (Lipinski definition) is 1. The largest absolute Gasteiger partial charge is 0.490 e. The zero-order valence-electron chi connectivity index (χ0n) is 16.8. The first-order chi connectivity index (χ1) is 13.8. The molecule has 0 unspecified atom stereocenters. The van der Waals surface area contributed by atoms with Crippen LogP contribution in [0.5, 0.6) is 11.5 Å². The molecular formula is C21H26FNO5S. The fourth-order valence-corrected chi connectivity index (χ4v) is 3.96. The molecule has 0 fully saturated rings.